The SMILES string of the molecule is [B]c1c(N)c2c(c(O)c1F)C(=O)N(C1(O)C(=O)NC(=O)C([B])([B])C1([B])[B])C2. The number of nitrogens with zero attached hydrogens (tertiary/aromatic N) is 1. The first-order chi connectivity index (χ1) is 12.2. The van der Waals surface area contributed by atoms with Gasteiger partial charge in [-0.2, -0.15) is 0 Å². The van der Waals surface area contributed by atoms with E-state index in [9.17, 15) is 29.0 Å². The number of benzene rings is 1. The minimum absolute atomic E-state index is 0.190. The largest absolute Gasteiger partial charge is 0.504 e. The second-order valence-corrected chi connectivity index (χ2v) is 6.43. The number of nitrogens with two attached hydrogens (primary N) is 1. The predicted molar refractivity (Wildman–Crippen MR) is 94.2 cm³/mol. The van der Waals surface area contributed by atoms with Crippen LogP contribution in [0.25, 0.3) is 0 Å². The Morgan fingerprint density at radius 2 is 1.70 bits per heavy atom. The van der Waals surface area contributed by atoms with Crippen LogP contribution in [0.4, 0.5) is 10.1 Å². The van der Waals surface area contributed by atoms with Crippen molar-refractivity contribution >= 4 is 68.1 Å². The molecule has 0 spiro atoms. The fourth-order valence-electron chi connectivity index (χ4n) is 3.12. The Morgan fingerprint density at radius 3 is 2.26 bits per heavy atom. The molecule has 5 N–H and O–H groups in total. The molecule has 3 amide bonds. The first-order valence-corrected chi connectivity index (χ1v) is 7.35. The van der Waals surface area contributed by atoms with E-state index in [1.807, 2.05) is 0 Å². The number of anilines is 1. The topological polar surface area (TPSA) is 133 Å². The Balaban J connectivity index is 2.22. The molecule has 1 unspecified atom stereocenters. The first-order valence-electron chi connectivity index (χ1n) is 7.35. The summed E-state index contributed by atoms with van der Waals surface area (Å²) in [6.07, 6.45) is 0. The summed E-state index contributed by atoms with van der Waals surface area (Å²) in [4.78, 5) is 37.3. The molecule has 1 saturated heterocycles. The Labute approximate surface area is 159 Å². The average Bonchev–Trinajstić information content (AvgIpc) is 2.93. The number of phenols is 1. The van der Waals surface area contributed by atoms with Crippen LogP contribution in [0.3, 0.4) is 0 Å². The van der Waals surface area contributed by atoms with Gasteiger partial charge in [-0.3, -0.25) is 24.6 Å². The van der Waals surface area contributed by atoms with Crippen molar-refractivity contribution in [1.82, 2.24) is 10.2 Å². The van der Waals surface area contributed by atoms with Crippen molar-refractivity contribution in [3.63, 3.8) is 0 Å². The molecule has 2 aliphatic rings. The number of aromatic hydroxyl groups is 1. The highest BCUT2D eigenvalue weighted by atomic mass is 19.1. The summed E-state index contributed by atoms with van der Waals surface area (Å²) in [6.45, 7) is -0.664. The molecule has 1 fully saturated rings. The van der Waals surface area contributed by atoms with Gasteiger partial charge in [0.2, 0.25) is 11.6 Å². The third kappa shape index (κ3) is 2.04. The molecule has 126 valence electrons. The normalized spacial score (nSPS) is 26.0. The molecule has 10 radical (unpaired) electrons. The van der Waals surface area contributed by atoms with E-state index in [-0.39, 0.29) is 5.56 Å². The van der Waals surface area contributed by atoms with E-state index in [1.165, 1.54) is 0 Å². The van der Waals surface area contributed by atoms with E-state index >= 15 is 0 Å². The third-order valence-electron chi connectivity index (χ3n) is 4.94. The lowest BCUT2D eigenvalue weighted by molar-refractivity contribution is -0.172. The standard InChI is InChI=1S/C13H7B5FN3O5/c14-4-5(19)7(23)3-2(6(4)20)1-22(8(3)24)12(27)10(26)21-9(25)11(15,16)13(12,17)18/h23,27H,1,20H2,(H,21,25,26). The van der Waals surface area contributed by atoms with Gasteiger partial charge in [0.25, 0.3) is 11.8 Å². The van der Waals surface area contributed by atoms with Crippen molar-refractivity contribution in [2.45, 2.75) is 22.7 Å². The zero-order valence-electron chi connectivity index (χ0n) is 13.6. The van der Waals surface area contributed by atoms with Gasteiger partial charge >= 0.3 is 0 Å². The van der Waals surface area contributed by atoms with E-state index in [0.717, 1.165) is 0 Å². The molecule has 1 atom stereocenters. The van der Waals surface area contributed by atoms with E-state index in [0.29, 0.717) is 4.90 Å². The fourth-order valence-corrected chi connectivity index (χ4v) is 3.12. The molecule has 0 bridgehead atoms. The lowest BCUT2D eigenvalue weighted by Crippen LogP contribution is -2.74. The minimum atomic E-state index is -3.16. The van der Waals surface area contributed by atoms with Crippen molar-refractivity contribution in [3.05, 3.63) is 16.9 Å². The number of nitrogen functional groups attached to an aromatic ring is 1. The van der Waals surface area contributed by atoms with Crippen LogP contribution < -0.4 is 16.5 Å². The summed E-state index contributed by atoms with van der Waals surface area (Å²) in [7, 11) is 28.1. The zero-order valence-corrected chi connectivity index (χ0v) is 13.6. The molecule has 2 heterocycles. The maximum atomic E-state index is 14.0. The minimum Gasteiger partial charge on any atom is -0.504 e. The van der Waals surface area contributed by atoms with Gasteiger partial charge in [-0.25, -0.2) is 4.39 Å². The van der Waals surface area contributed by atoms with Crippen LogP contribution in [0.1, 0.15) is 15.9 Å². The average molecular weight is 358 g/mol. The van der Waals surface area contributed by atoms with Crippen molar-refractivity contribution in [2.24, 2.45) is 0 Å². The number of nitrogens with one attached hydrogen (secondary N) is 1. The zero-order chi connectivity index (χ0) is 20.7. The molecule has 27 heavy (non-hydrogen) atoms. The second kappa shape index (κ2) is 5.34. The summed E-state index contributed by atoms with van der Waals surface area (Å²) in [5.41, 5.74) is 0.616. The van der Waals surface area contributed by atoms with Crippen LogP contribution in [0.5, 0.6) is 5.75 Å². The molecule has 8 nitrogen and oxygen atoms in total. The number of piperidine rings is 1. The maximum absolute atomic E-state index is 14.0. The predicted octanol–water partition coefficient (Wildman–Crippen LogP) is -3.89. The lowest BCUT2D eigenvalue weighted by Gasteiger charge is -2.57. The number of fused-ring (bicyclic) bond motifs is 1. The molecule has 1 aromatic carbocycles. The summed E-state index contributed by atoms with van der Waals surface area (Å²) in [5.74, 6) is -6.58. The molecule has 3 rings (SSSR count). The number of amides is 3. The van der Waals surface area contributed by atoms with Gasteiger partial charge in [-0.15, -0.1) is 0 Å². The number of imide groups is 1. The maximum Gasteiger partial charge on any atom is 0.278 e. The molecule has 0 aromatic heterocycles. The Kier molecular flexibility index (Phi) is 3.84. The molecule has 0 aliphatic carbocycles. The molecular weight excluding hydrogens is 351 g/mol. The fraction of sp³-hybridized carbons (Fsp3) is 0.308. The van der Waals surface area contributed by atoms with Gasteiger partial charge in [-0.05, 0) is 15.9 Å². The number of hydrogen-bond donors (Lipinski definition) is 4. The quantitative estimate of drug-likeness (QED) is 0.176. The molecule has 1 aromatic rings. The highest BCUT2D eigenvalue weighted by Gasteiger charge is 2.66. The first kappa shape index (κ1) is 19.4. The van der Waals surface area contributed by atoms with Crippen molar-refractivity contribution in [3.8, 4) is 5.75 Å². The number of halogens is 1. The van der Waals surface area contributed by atoms with Crippen LogP contribution in [0.15, 0.2) is 0 Å². The number of carbonyl (C=O) groups is 3. The second-order valence-electron chi connectivity index (χ2n) is 6.43. The highest BCUT2D eigenvalue weighted by Crippen LogP contribution is 2.55. The van der Waals surface area contributed by atoms with Crippen molar-refractivity contribution in [1.29, 1.82) is 0 Å². The van der Waals surface area contributed by atoms with E-state index in [2.05, 4.69) is 0 Å². The molecule has 14 heteroatoms. The van der Waals surface area contributed by atoms with Gasteiger partial charge in [0.15, 0.2) is 11.6 Å². The van der Waals surface area contributed by atoms with Gasteiger partial charge in [0, 0.05) is 11.3 Å². The highest BCUT2D eigenvalue weighted by molar-refractivity contribution is 6.64. The molecule has 0 saturated carbocycles. The van der Waals surface area contributed by atoms with Crippen LogP contribution in [0, 0.1) is 5.82 Å². The van der Waals surface area contributed by atoms with Crippen molar-refractivity contribution in [2.75, 3.05) is 5.73 Å². The van der Waals surface area contributed by atoms with E-state index in [1.54, 1.807) is 5.32 Å². The summed E-state index contributed by atoms with van der Waals surface area (Å²) >= 11 is 0. The summed E-state index contributed by atoms with van der Waals surface area (Å²) < 4.78 is 14.0. The van der Waals surface area contributed by atoms with Gasteiger partial charge in [-0.1, -0.05) is 0 Å². The number of hydrogen-bond acceptors (Lipinski definition) is 6. The van der Waals surface area contributed by atoms with Crippen LogP contribution in [0.2, 0.25) is 10.4 Å². The van der Waals surface area contributed by atoms with Crippen LogP contribution in [-0.2, 0) is 16.1 Å². The summed E-state index contributed by atoms with van der Waals surface area (Å²) in [5, 5.41) is 17.0. The van der Waals surface area contributed by atoms with Gasteiger partial charge < -0.3 is 15.9 Å². The van der Waals surface area contributed by atoms with E-state index in [4.69, 9.17) is 45.0 Å². The van der Waals surface area contributed by atoms with Crippen molar-refractivity contribution < 1.29 is 29.0 Å². The Bertz CT molecular complexity index is 940. The summed E-state index contributed by atoms with van der Waals surface area (Å²) in [6, 6.07) is 0. The number of rotatable bonds is 1. The van der Waals surface area contributed by atoms with Crippen LogP contribution >= 0.6 is 0 Å². The number of carbonyl (C=O) groups excluding carboxylic acids is 3. The number of aliphatic hydroxyl groups is 1. The van der Waals surface area contributed by atoms with Gasteiger partial charge in [0.1, 0.15) is 7.85 Å². The Morgan fingerprint density at radius 1 is 1.15 bits per heavy atom. The molecular formula is C13H7B5FN3O5. The van der Waals surface area contributed by atoms with Crippen LogP contribution in [-0.4, -0.2) is 77.8 Å². The number of phenolic OH excluding ortho intramolecular Hbond substituents is 1. The lowest BCUT2D eigenvalue weighted by atomic mass is 9.25. The molecule has 2 aliphatic heterocycles. The van der Waals surface area contributed by atoms with E-state index < -0.39 is 68.7 Å². The third-order valence-corrected chi connectivity index (χ3v) is 4.94. The Hall–Kier alpha value is -2.36. The smallest absolute Gasteiger partial charge is 0.278 e. The monoisotopic (exact) mass is 359 g/mol. The van der Waals surface area contributed by atoms with Gasteiger partial charge in [0.05, 0.1) is 43.5 Å².